The summed E-state index contributed by atoms with van der Waals surface area (Å²) >= 11 is 0. The molecule has 1 saturated carbocycles. The van der Waals surface area contributed by atoms with Gasteiger partial charge in [-0.1, -0.05) is 6.07 Å². The molecule has 2 aliphatic heterocycles. The molecule has 1 aromatic rings. The Kier molecular flexibility index (Phi) is 4.83. The number of fused-ring (bicyclic) bond motifs is 2. The van der Waals surface area contributed by atoms with E-state index in [2.05, 4.69) is 23.5 Å². The van der Waals surface area contributed by atoms with Crippen LogP contribution in [0, 0.1) is 5.92 Å². The summed E-state index contributed by atoms with van der Waals surface area (Å²) < 4.78 is 12.3. The Labute approximate surface area is 162 Å². The number of likely N-dealkylation sites (tertiary alicyclic amines) is 1. The van der Waals surface area contributed by atoms with Gasteiger partial charge >= 0.3 is 6.03 Å². The molecule has 0 unspecified atom stereocenters. The number of amides is 2. The van der Waals surface area contributed by atoms with Crippen LogP contribution in [-0.2, 0) is 16.8 Å². The van der Waals surface area contributed by atoms with Crippen molar-refractivity contribution in [3.05, 3.63) is 29.3 Å². The number of nitrogens with zero attached hydrogens (tertiary/aromatic N) is 1. The highest BCUT2D eigenvalue weighted by Crippen LogP contribution is 2.42. The number of urea groups is 1. The van der Waals surface area contributed by atoms with Crippen LogP contribution in [0.25, 0.3) is 0 Å². The molecule has 1 saturated heterocycles. The molecule has 2 amide bonds. The van der Waals surface area contributed by atoms with E-state index in [1.54, 1.807) is 0 Å². The molecule has 27 heavy (non-hydrogen) atoms. The van der Waals surface area contributed by atoms with Crippen LogP contribution in [-0.4, -0.2) is 42.8 Å². The third-order valence-electron chi connectivity index (χ3n) is 5.84. The minimum absolute atomic E-state index is 0.0252. The number of hydrogen-bond acceptors (Lipinski definition) is 3. The van der Waals surface area contributed by atoms with Crippen molar-refractivity contribution in [3.63, 3.8) is 0 Å². The molecule has 5 nitrogen and oxygen atoms in total. The predicted molar refractivity (Wildman–Crippen MR) is 105 cm³/mol. The lowest BCUT2D eigenvalue weighted by molar-refractivity contribution is -0.0927. The number of rotatable bonds is 3. The second kappa shape index (κ2) is 7.01. The van der Waals surface area contributed by atoms with Crippen LogP contribution in [0.3, 0.4) is 0 Å². The van der Waals surface area contributed by atoms with E-state index in [-0.39, 0.29) is 17.2 Å². The molecule has 0 atom stereocenters. The van der Waals surface area contributed by atoms with Crippen molar-refractivity contribution in [2.45, 2.75) is 64.0 Å². The lowest BCUT2D eigenvalue weighted by Gasteiger charge is -2.45. The van der Waals surface area contributed by atoms with Crippen LogP contribution in [0.5, 0.6) is 5.75 Å². The van der Waals surface area contributed by atoms with Crippen LogP contribution in [0.2, 0.25) is 0 Å². The van der Waals surface area contributed by atoms with Gasteiger partial charge in [-0.25, -0.2) is 4.79 Å². The monoisotopic (exact) mass is 372 g/mol. The van der Waals surface area contributed by atoms with Crippen molar-refractivity contribution in [2.24, 2.45) is 5.92 Å². The zero-order valence-corrected chi connectivity index (χ0v) is 16.8. The summed E-state index contributed by atoms with van der Waals surface area (Å²) in [5.74, 6) is 1.75. The molecule has 0 bridgehead atoms. The fourth-order valence-electron chi connectivity index (χ4n) is 4.13. The zero-order valence-electron chi connectivity index (χ0n) is 16.8. The molecule has 2 heterocycles. The molecular weight excluding hydrogens is 340 g/mol. The molecule has 5 heteroatoms. The van der Waals surface area contributed by atoms with Crippen molar-refractivity contribution in [1.29, 1.82) is 0 Å². The molecule has 1 N–H and O–H groups in total. The molecule has 148 valence electrons. The Balaban J connectivity index is 1.43. The molecule has 0 radical (unpaired) electrons. The third-order valence-corrected chi connectivity index (χ3v) is 5.84. The summed E-state index contributed by atoms with van der Waals surface area (Å²) in [5.41, 5.74) is 2.18. The van der Waals surface area contributed by atoms with Gasteiger partial charge in [0.1, 0.15) is 5.75 Å². The van der Waals surface area contributed by atoms with E-state index in [0.29, 0.717) is 0 Å². The minimum atomic E-state index is -0.249. The lowest BCUT2D eigenvalue weighted by atomic mass is 9.79. The van der Waals surface area contributed by atoms with Gasteiger partial charge in [-0.15, -0.1) is 0 Å². The van der Waals surface area contributed by atoms with Crippen LogP contribution in [0.15, 0.2) is 18.2 Å². The van der Waals surface area contributed by atoms with Gasteiger partial charge in [0.25, 0.3) is 0 Å². The number of carbonyl (C=O) groups is 1. The second-order valence-corrected chi connectivity index (χ2v) is 9.33. The van der Waals surface area contributed by atoms with Gasteiger partial charge < -0.3 is 19.7 Å². The number of carbonyl (C=O) groups excluding carboxylic acids is 1. The number of ether oxygens (including phenoxy) is 2. The molecule has 1 aromatic carbocycles. The highest BCUT2D eigenvalue weighted by atomic mass is 16.5. The van der Waals surface area contributed by atoms with Gasteiger partial charge in [0.05, 0.1) is 18.8 Å². The van der Waals surface area contributed by atoms with E-state index in [9.17, 15) is 4.79 Å². The first-order valence-corrected chi connectivity index (χ1v) is 10.3. The summed E-state index contributed by atoms with van der Waals surface area (Å²) in [4.78, 5) is 14.4. The summed E-state index contributed by atoms with van der Waals surface area (Å²) in [5, 5.41) is 3.06. The van der Waals surface area contributed by atoms with E-state index in [1.165, 1.54) is 24.0 Å². The van der Waals surface area contributed by atoms with Crippen LogP contribution in [0.4, 0.5) is 4.79 Å². The van der Waals surface area contributed by atoms with E-state index in [4.69, 9.17) is 9.47 Å². The molecule has 0 aromatic heterocycles. The Hall–Kier alpha value is -1.75. The average Bonchev–Trinajstić information content (AvgIpc) is 3.44. The first kappa shape index (κ1) is 18.6. The Morgan fingerprint density at radius 3 is 2.70 bits per heavy atom. The maximum atomic E-state index is 12.5. The van der Waals surface area contributed by atoms with Crippen molar-refractivity contribution in [1.82, 2.24) is 10.2 Å². The molecular formula is C22H32N2O3. The smallest absolute Gasteiger partial charge is 0.317 e. The first-order valence-electron chi connectivity index (χ1n) is 10.3. The molecule has 3 aliphatic rings. The molecule has 1 aliphatic carbocycles. The first-order chi connectivity index (χ1) is 12.8. The SMILES string of the molecule is CC(C)(C)NC(=O)N1CCC2(CC1)OCCc1cc(OCC3CC3)ccc12. The normalized spacial score (nSPS) is 21.7. The number of hydrogen-bond donors (Lipinski definition) is 1. The van der Waals surface area contributed by atoms with E-state index in [1.807, 2.05) is 25.7 Å². The highest BCUT2D eigenvalue weighted by Gasteiger charge is 2.42. The van der Waals surface area contributed by atoms with Crippen molar-refractivity contribution >= 4 is 6.03 Å². The number of piperidine rings is 1. The van der Waals surface area contributed by atoms with Gasteiger partial charge in [0, 0.05) is 18.6 Å². The van der Waals surface area contributed by atoms with Gasteiger partial charge in [0.2, 0.25) is 0 Å². The van der Waals surface area contributed by atoms with Crippen molar-refractivity contribution in [2.75, 3.05) is 26.3 Å². The van der Waals surface area contributed by atoms with Gasteiger partial charge in [-0.3, -0.25) is 0 Å². The molecule has 1 spiro atoms. The fourth-order valence-corrected chi connectivity index (χ4v) is 4.13. The average molecular weight is 373 g/mol. The largest absolute Gasteiger partial charge is 0.493 e. The lowest BCUT2D eigenvalue weighted by Crippen LogP contribution is -2.54. The summed E-state index contributed by atoms with van der Waals surface area (Å²) in [7, 11) is 0. The van der Waals surface area contributed by atoms with Crippen LogP contribution >= 0.6 is 0 Å². The van der Waals surface area contributed by atoms with E-state index < -0.39 is 0 Å². The summed E-state index contributed by atoms with van der Waals surface area (Å²) in [6.07, 6.45) is 5.24. The standard InChI is InChI=1S/C22H32N2O3/c1-21(2,3)23-20(25)24-11-9-22(10-12-24)19-7-6-18(26-15-16-4-5-16)14-17(19)8-13-27-22/h6-7,14,16H,4-5,8-13,15H2,1-3H3,(H,23,25). The quantitative estimate of drug-likeness (QED) is 0.877. The second-order valence-electron chi connectivity index (χ2n) is 9.33. The van der Waals surface area contributed by atoms with Crippen LogP contribution in [0.1, 0.15) is 57.6 Å². The van der Waals surface area contributed by atoms with Gasteiger partial charge in [-0.2, -0.15) is 0 Å². The summed E-state index contributed by atoms with van der Waals surface area (Å²) in [6.45, 7) is 9.08. The third kappa shape index (κ3) is 4.23. The Morgan fingerprint density at radius 2 is 2.04 bits per heavy atom. The molecule has 2 fully saturated rings. The van der Waals surface area contributed by atoms with Crippen molar-refractivity contribution in [3.8, 4) is 5.75 Å². The number of nitrogens with one attached hydrogen (secondary N) is 1. The van der Waals surface area contributed by atoms with Gasteiger partial charge in [-0.05, 0) is 82.1 Å². The fraction of sp³-hybridized carbons (Fsp3) is 0.682. The number of benzene rings is 1. The maximum Gasteiger partial charge on any atom is 0.317 e. The van der Waals surface area contributed by atoms with Gasteiger partial charge in [0.15, 0.2) is 0 Å². The minimum Gasteiger partial charge on any atom is -0.493 e. The summed E-state index contributed by atoms with van der Waals surface area (Å²) in [6, 6.07) is 6.52. The zero-order chi connectivity index (χ0) is 19.1. The Bertz CT molecular complexity index is 698. The predicted octanol–water partition coefficient (Wildman–Crippen LogP) is 3.85. The van der Waals surface area contributed by atoms with E-state index in [0.717, 1.165) is 57.2 Å². The Morgan fingerprint density at radius 1 is 1.30 bits per heavy atom. The topological polar surface area (TPSA) is 50.8 Å². The van der Waals surface area contributed by atoms with Crippen LogP contribution < -0.4 is 10.1 Å². The molecule has 4 rings (SSSR count). The van der Waals surface area contributed by atoms with Crippen molar-refractivity contribution < 1.29 is 14.3 Å². The maximum absolute atomic E-state index is 12.5. The highest BCUT2D eigenvalue weighted by molar-refractivity contribution is 5.75. The van der Waals surface area contributed by atoms with E-state index >= 15 is 0 Å².